The molecule has 3 unspecified atom stereocenters. The van der Waals surface area contributed by atoms with Gasteiger partial charge in [0.1, 0.15) is 11.6 Å². The first-order chi connectivity index (χ1) is 9.51. The van der Waals surface area contributed by atoms with Crippen molar-refractivity contribution in [3.63, 3.8) is 0 Å². The minimum atomic E-state index is -0.426. The standard InChI is InChI=1S/C15H25N3O2/c1-5-11-7-8-12(9(11)3)18-10(4)17-13(14(18)16)15(19)20-6-2/h9,11-12H,5-8,16H2,1-4H3. The fourth-order valence-electron chi connectivity index (χ4n) is 3.49. The van der Waals surface area contributed by atoms with Crippen LogP contribution in [-0.4, -0.2) is 22.1 Å². The number of nitrogens with zero attached hydrogens (tertiary/aromatic N) is 2. The molecule has 1 heterocycles. The largest absolute Gasteiger partial charge is 0.461 e. The molecule has 20 heavy (non-hydrogen) atoms. The maximum absolute atomic E-state index is 11.9. The smallest absolute Gasteiger partial charge is 0.360 e. The second kappa shape index (κ2) is 5.85. The number of nitrogens with two attached hydrogens (primary N) is 1. The van der Waals surface area contributed by atoms with Crippen LogP contribution in [-0.2, 0) is 4.74 Å². The van der Waals surface area contributed by atoms with Crippen molar-refractivity contribution in [2.75, 3.05) is 12.3 Å². The summed E-state index contributed by atoms with van der Waals surface area (Å²) in [6.45, 7) is 8.53. The molecular formula is C15H25N3O2. The fraction of sp³-hybridized carbons (Fsp3) is 0.733. The van der Waals surface area contributed by atoms with Crippen molar-refractivity contribution in [2.24, 2.45) is 11.8 Å². The van der Waals surface area contributed by atoms with E-state index in [9.17, 15) is 4.79 Å². The van der Waals surface area contributed by atoms with Crippen LogP contribution >= 0.6 is 0 Å². The average molecular weight is 279 g/mol. The summed E-state index contributed by atoms with van der Waals surface area (Å²) in [4.78, 5) is 16.2. The SMILES string of the molecule is CCOC(=O)c1nc(C)n(C2CCC(CC)C2C)c1N. The molecule has 1 fully saturated rings. The first-order valence-electron chi connectivity index (χ1n) is 7.52. The van der Waals surface area contributed by atoms with Gasteiger partial charge >= 0.3 is 5.97 Å². The molecule has 1 aromatic rings. The lowest BCUT2D eigenvalue weighted by Gasteiger charge is -2.23. The quantitative estimate of drug-likeness (QED) is 0.860. The maximum atomic E-state index is 11.9. The fourth-order valence-corrected chi connectivity index (χ4v) is 3.49. The van der Waals surface area contributed by atoms with Crippen molar-refractivity contribution in [3.05, 3.63) is 11.5 Å². The van der Waals surface area contributed by atoms with Crippen molar-refractivity contribution in [3.8, 4) is 0 Å². The lowest BCUT2D eigenvalue weighted by molar-refractivity contribution is 0.0521. The maximum Gasteiger partial charge on any atom is 0.360 e. The van der Waals surface area contributed by atoms with Gasteiger partial charge in [-0.15, -0.1) is 0 Å². The highest BCUT2D eigenvalue weighted by Crippen LogP contribution is 2.43. The molecule has 0 aromatic carbocycles. The number of rotatable bonds is 4. The van der Waals surface area contributed by atoms with E-state index in [2.05, 4.69) is 18.8 Å². The van der Waals surface area contributed by atoms with Crippen LogP contribution in [0, 0.1) is 18.8 Å². The van der Waals surface area contributed by atoms with Gasteiger partial charge in [-0.2, -0.15) is 0 Å². The molecule has 1 aromatic heterocycles. The summed E-state index contributed by atoms with van der Waals surface area (Å²) >= 11 is 0. The third-order valence-corrected chi connectivity index (χ3v) is 4.63. The zero-order valence-electron chi connectivity index (χ0n) is 12.8. The van der Waals surface area contributed by atoms with E-state index in [0.717, 1.165) is 18.2 Å². The predicted molar refractivity (Wildman–Crippen MR) is 78.5 cm³/mol. The van der Waals surface area contributed by atoms with Crippen molar-refractivity contribution < 1.29 is 9.53 Å². The molecule has 1 saturated carbocycles. The van der Waals surface area contributed by atoms with Crippen LogP contribution in [0.1, 0.15) is 62.4 Å². The Morgan fingerprint density at radius 3 is 2.70 bits per heavy atom. The molecular weight excluding hydrogens is 254 g/mol. The molecule has 2 rings (SSSR count). The lowest BCUT2D eigenvalue weighted by atomic mass is 9.93. The number of hydrogen-bond acceptors (Lipinski definition) is 4. The highest BCUT2D eigenvalue weighted by atomic mass is 16.5. The van der Waals surface area contributed by atoms with Gasteiger partial charge in [0.25, 0.3) is 0 Å². The van der Waals surface area contributed by atoms with Gasteiger partial charge in [0.05, 0.1) is 6.61 Å². The normalized spacial score (nSPS) is 25.9. The molecule has 3 atom stereocenters. The number of carbonyl (C=O) groups excluding carboxylic acids is 1. The van der Waals surface area contributed by atoms with E-state index in [1.807, 2.05) is 11.5 Å². The van der Waals surface area contributed by atoms with Crippen LogP contribution < -0.4 is 5.73 Å². The molecule has 5 heteroatoms. The number of imidazole rings is 1. The van der Waals surface area contributed by atoms with Gasteiger partial charge in [-0.1, -0.05) is 20.3 Å². The summed E-state index contributed by atoms with van der Waals surface area (Å²) in [7, 11) is 0. The van der Waals surface area contributed by atoms with Gasteiger partial charge in [-0.3, -0.25) is 0 Å². The minimum absolute atomic E-state index is 0.261. The molecule has 1 aliphatic carbocycles. The Morgan fingerprint density at radius 1 is 1.45 bits per heavy atom. The molecule has 5 nitrogen and oxygen atoms in total. The first-order valence-corrected chi connectivity index (χ1v) is 7.52. The van der Waals surface area contributed by atoms with Crippen molar-refractivity contribution in [2.45, 2.75) is 53.0 Å². The predicted octanol–water partition coefficient (Wildman–Crippen LogP) is 2.95. The zero-order valence-corrected chi connectivity index (χ0v) is 12.8. The van der Waals surface area contributed by atoms with Crippen molar-refractivity contribution in [1.29, 1.82) is 0 Å². The Balaban J connectivity index is 2.32. The lowest BCUT2D eigenvalue weighted by Crippen LogP contribution is -2.19. The zero-order chi connectivity index (χ0) is 14.9. The molecule has 0 bridgehead atoms. The van der Waals surface area contributed by atoms with Gasteiger partial charge in [0.2, 0.25) is 0 Å². The summed E-state index contributed by atoms with van der Waals surface area (Å²) < 4.78 is 7.05. The third-order valence-electron chi connectivity index (χ3n) is 4.63. The van der Waals surface area contributed by atoms with Crippen molar-refractivity contribution >= 4 is 11.8 Å². The van der Waals surface area contributed by atoms with E-state index in [-0.39, 0.29) is 5.69 Å². The van der Waals surface area contributed by atoms with E-state index >= 15 is 0 Å². The van der Waals surface area contributed by atoms with Crippen LogP contribution in [0.3, 0.4) is 0 Å². The van der Waals surface area contributed by atoms with E-state index < -0.39 is 5.97 Å². The second-order valence-electron chi connectivity index (χ2n) is 5.66. The van der Waals surface area contributed by atoms with Gasteiger partial charge in [0.15, 0.2) is 5.69 Å². The number of aryl methyl sites for hydroxylation is 1. The van der Waals surface area contributed by atoms with Crippen LogP contribution in [0.25, 0.3) is 0 Å². The summed E-state index contributed by atoms with van der Waals surface area (Å²) in [5, 5.41) is 0. The van der Waals surface area contributed by atoms with Crippen LogP contribution in [0.5, 0.6) is 0 Å². The average Bonchev–Trinajstić information content (AvgIpc) is 2.90. The van der Waals surface area contributed by atoms with Gasteiger partial charge in [-0.25, -0.2) is 9.78 Å². The number of esters is 1. The molecule has 2 N–H and O–H groups in total. The Labute approximate surface area is 120 Å². The van der Waals surface area contributed by atoms with E-state index in [4.69, 9.17) is 10.5 Å². The Morgan fingerprint density at radius 2 is 2.15 bits per heavy atom. The van der Waals surface area contributed by atoms with Gasteiger partial charge in [-0.05, 0) is 38.5 Å². The minimum Gasteiger partial charge on any atom is -0.461 e. The summed E-state index contributed by atoms with van der Waals surface area (Å²) in [6, 6.07) is 0.343. The van der Waals surface area contributed by atoms with Crippen LogP contribution in [0.4, 0.5) is 5.82 Å². The Bertz CT molecular complexity index is 496. The number of nitrogen functional groups attached to an aromatic ring is 1. The van der Waals surface area contributed by atoms with Gasteiger partial charge < -0.3 is 15.0 Å². The topological polar surface area (TPSA) is 70.1 Å². The Kier molecular flexibility index (Phi) is 4.35. The number of hydrogen-bond donors (Lipinski definition) is 1. The molecule has 0 aliphatic heterocycles. The Hall–Kier alpha value is -1.52. The summed E-state index contributed by atoms with van der Waals surface area (Å²) in [5.74, 6) is 2.12. The van der Waals surface area contributed by atoms with E-state index in [1.54, 1.807) is 6.92 Å². The number of anilines is 1. The van der Waals surface area contributed by atoms with Crippen LogP contribution in [0.15, 0.2) is 0 Å². The number of ether oxygens (including phenoxy) is 1. The van der Waals surface area contributed by atoms with E-state index in [0.29, 0.717) is 24.4 Å². The highest BCUT2D eigenvalue weighted by Gasteiger charge is 2.35. The monoisotopic (exact) mass is 279 g/mol. The first kappa shape index (κ1) is 14.9. The summed E-state index contributed by atoms with van der Waals surface area (Å²) in [5.41, 5.74) is 6.42. The molecule has 0 spiro atoms. The molecule has 112 valence electrons. The molecule has 1 aliphatic rings. The highest BCUT2D eigenvalue weighted by molar-refractivity contribution is 5.92. The molecule has 0 amide bonds. The van der Waals surface area contributed by atoms with E-state index in [1.165, 1.54) is 12.8 Å². The number of carbonyl (C=O) groups is 1. The van der Waals surface area contributed by atoms with Crippen molar-refractivity contribution in [1.82, 2.24) is 9.55 Å². The van der Waals surface area contributed by atoms with Gasteiger partial charge in [0, 0.05) is 6.04 Å². The molecule has 0 saturated heterocycles. The summed E-state index contributed by atoms with van der Waals surface area (Å²) in [6.07, 6.45) is 3.51. The molecule has 0 radical (unpaired) electrons. The van der Waals surface area contributed by atoms with Crippen LogP contribution in [0.2, 0.25) is 0 Å². The third kappa shape index (κ3) is 2.41. The second-order valence-corrected chi connectivity index (χ2v) is 5.66. The number of aromatic nitrogens is 2.